The molecule has 2 heterocycles. The van der Waals surface area contributed by atoms with Crippen LogP contribution in [0.5, 0.6) is 0 Å². The van der Waals surface area contributed by atoms with Crippen LogP contribution in [-0.2, 0) is 19.6 Å². The Hall–Kier alpha value is -1.64. The van der Waals surface area contributed by atoms with Crippen LogP contribution in [-0.4, -0.2) is 55.1 Å². The molecule has 2 aliphatic heterocycles. The first-order chi connectivity index (χ1) is 12.3. The lowest BCUT2D eigenvalue weighted by atomic mass is 9.96. The Balaban J connectivity index is 1.74. The number of piperidine rings is 1. The van der Waals surface area contributed by atoms with Gasteiger partial charge < -0.3 is 10.6 Å². The topological polar surface area (TPSA) is 101 Å². The minimum absolute atomic E-state index is 0.133. The van der Waals surface area contributed by atoms with E-state index in [1.807, 2.05) is 0 Å². The molecule has 3 rings (SSSR count). The van der Waals surface area contributed by atoms with Crippen LogP contribution in [0.2, 0.25) is 5.02 Å². The first-order valence-electron chi connectivity index (χ1n) is 8.66. The van der Waals surface area contributed by atoms with Crippen LogP contribution < -0.4 is 5.73 Å². The number of hydrogen-bond donors (Lipinski definition) is 1. The second-order valence-electron chi connectivity index (χ2n) is 6.73. The molecule has 0 saturated carbocycles. The van der Waals surface area contributed by atoms with Crippen LogP contribution in [0.1, 0.15) is 25.7 Å². The number of likely N-dealkylation sites (tertiary alicyclic amines) is 1. The molecule has 0 radical (unpaired) electrons. The van der Waals surface area contributed by atoms with E-state index in [1.165, 1.54) is 28.6 Å². The van der Waals surface area contributed by atoms with E-state index in [9.17, 15) is 18.0 Å². The number of sulfonamides is 1. The van der Waals surface area contributed by atoms with Crippen LogP contribution in [0.15, 0.2) is 29.2 Å². The fourth-order valence-corrected chi connectivity index (χ4v) is 5.39. The van der Waals surface area contributed by atoms with Crippen LogP contribution >= 0.6 is 11.6 Å². The van der Waals surface area contributed by atoms with Crippen molar-refractivity contribution in [3.8, 4) is 0 Å². The molecule has 2 amide bonds. The molecule has 1 atom stereocenters. The van der Waals surface area contributed by atoms with Crippen molar-refractivity contribution in [1.82, 2.24) is 9.21 Å². The number of benzene rings is 1. The van der Waals surface area contributed by atoms with E-state index in [4.69, 9.17) is 17.3 Å². The first kappa shape index (κ1) is 19.1. The second-order valence-corrected chi connectivity index (χ2v) is 9.06. The van der Waals surface area contributed by atoms with Gasteiger partial charge in [0.2, 0.25) is 21.8 Å². The average molecular weight is 400 g/mol. The van der Waals surface area contributed by atoms with Gasteiger partial charge in [0.15, 0.2) is 0 Å². The van der Waals surface area contributed by atoms with Crippen molar-refractivity contribution in [3.63, 3.8) is 0 Å². The summed E-state index contributed by atoms with van der Waals surface area (Å²) in [6.07, 6.45) is 2.19. The third-order valence-electron chi connectivity index (χ3n) is 5.12. The molecular formula is C17H22ClN3O4S. The summed E-state index contributed by atoms with van der Waals surface area (Å²) in [5.41, 5.74) is 5.33. The Morgan fingerprint density at radius 2 is 1.65 bits per heavy atom. The molecule has 2 aliphatic rings. The van der Waals surface area contributed by atoms with Gasteiger partial charge >= 0.3 is 0 Å². The molecule has 1 aromatic carbocycles. The van der Waals surface area contributed by atoms with Crippen LogP contribution in [0.25, 0.3) is 0 Å². The Labute approximate surface area is 158 Å². The summed E-state index contributed by atoms with van der Waals surface area (Å²) in [6, 6.07) is 5.26. The number of hydrogen-bond acceptors (Lipinski definition) is 4. The summed E-state index contributed by atoms with van der Waals surface area (Å²) in [4.78, 5) is 26.0. The largest absolute Gasteiger partial charge is 0.369 e. The molecule has 7 nitrogen and oxygen atoms in total. The van der Waals surface area contributed by atoms with E-state index in [2.05, 4.69) is 0 Å². The Morgan fingerprint density at radius 1 is 1.04 bits per heavy atom. The summed E-state index contributed by atoms with van der Waals surface area (Å²) < 4.78 is 27.2. The molecule has 2 N–H and O–H groups in total. The summed E-state index contributed by atoms with van der Waals surface area (Å²) in [7, 11) is -3.76. The maximum atomic E-state index is 12.9. The van der Waals surface area contributed by atoms with Crippen molar-refractivity contribution in [2.75, 3.05) is 19.6 Å². The highest BCUT2D eigenvalue weighted by atomic mass is 35.5. The maximum absolute atomic E-state index is 12.9. The fraction of sp³-hybridized carbons (Fsp3) is 0.529. The molecule has 2 saturated heterocycles. The zero-order valence-electron chi connectivity index (χ0n) is 14.3. The molecule has 9 heteroatoms. The summed E-state index contributed by atoms with van der Waals surface area (Å²) >= 11 is 5.83. The van der Waals surface area contributed by atoms with Crippen LogP contribution in [0.4, 0.5) is 0 Å². The lowest BCUT2D eigenvalue weighted by Gasteiger charge is -2.34. The molecule has 2 fully saturated rings. The normalized spacial score (nSPS) is 22.5. The third kappa shape index (κ3) is 3.72. The van der Waals surface area contributed by atoms with E-state index >= 15 is 0 Å². The van der Waals surface area contributed by atoms with E-state index in [-0.39, 0.29) is 22.6 Å². The Bertz CT molecular complexity index is 789. The highest BCUT2D eigenvalue weighted by Gasteiger charge is 2.41. The van der Waals surface area contributed by atoms with Gasteiger partial charge in [-0.3, -0.25) is 9.59 Å². The Morgan fingerprint density at radius 3 is 2.23 bits per heavy atom. The number of nitrogens with two attached hydrogens (primary N) is 1. The smallest absolute Gasteiger partial charge is 0.243 e. The number of amides is 2. The van der Waals surface area contributed by atoms with Gasteiger partial charge in [-0.2, -0.15) is 4.31 Å². The van der Waals surface area contributed by atoms with Crippen LogP contribution in [0.3, 0.4) is 0 Å². The highest BCUT2D eigenvalue weighted by molar-refractivity contribution is 7.89. The van der Waals surface area contributed by atoms with Gasteiger partial charge in [0.05, 0.1) is 4.90 Å². The van der Waals surface area contributed by atoms with Gasteiger partial charge in [-0.25, -0.2) is 8.42 Å². The van der Waals surface area contributed by atoms with Crippen molar-refractivity contribution in [3.05, 3.63) is 29.3 Å². The minimum atomic E-state index is -3.76. The second kappa shape index (κ2) is 7.54. The van der Waals surface area contributed by atoms with E-state index in [0.29, 0.717) is 50.3 Å². The fourth-order valence-electron chi connectivity index (χ4n) is 3.61. The highest BCUT2D eigenvalue weighted by Crippen LogP contribution is 2.29. The number of halogens is 1. The summed E-state index contributed by atoms with van der Waals surface area (Å²) in [5, 5.41) is 0.454. The van der Waals surface area contributed by atoms with Gasteiger partial charge in [-0.1, -0.05) is 11.6 Å². The molecule has 0 bridgehead atoms. The maximum Gasteiger partial charge on any atom is 0.243 e. The molecule has 0 unspecified atom stereocenters. The predicted octanol–water partition coefficient (Wildman–Crippen LogP) is 1.22. The number of primary amides is 1. The monoisotopic (exact) mass is 399 g/mol. The van der Waals surface area contributed by atoms with Gasteiger partial charge in [0.25, 0.3) is 0 Å². The molecule has 0 aromatic heterocycles. The molecular weight excluding hydrogens is 378 g/mol. The van der Waals surface area contributed by atoms with E-state index in [0.717, 1.165) is 0 Å². The molecule has 26 heavy (non-hydrogen) atoms. The van der Waals surface area contributed by atoms with Crippen molar-refractivity contribution in [1.29, 1.82) is 0 Å². The number of carbonyl (C=O) groups is 2. The van der Waals surface area contributed by atoms with E-state index < -0.39 is 16.1 Å². The van der Waals surface area contributed by atoms with Gasteiger partial charge in [0, 0.05) is 30.6 Å². The first-order valence-corrected chi connectivity index (χ1v) is 10.5. The van der Waals surface area contributed by atoms with Crippen molar-refractivity contribution in [2.24, 2.45) is 11.7 Å². The molecule has 1 aromatic rings. The zero-order valence-corrected chi connectivity index (χ0v) is 15.9. The van der Waals surface area contributed by atoms with Crippen LogP contribution in [0, 0.1) is 5.92 Å². The van der Waals surface area contributed by atoms with Crippen molar-refractivity contribution in [2.45, 2.75) is 36.6 Å². The van der Waals surface area contributed by atoms with Gasteiger partial charge in [-0.15, -0.1) is 0 Å². The van der Waals surface area contributed by atoms with E-state index in [1.54, 1.807) is 4.90 Å². The predicted molar refractivity (Wildman–Crippen MR) is 96.9 cm³/mol. The number of carbonyl (C=O) groups excluding carboxylic acids is 2. The summed E-state index contributed by atoms with van der Waals surface area (Å²) in [6.45, 7) is 1.18. The lowest BCUT2D eigenvalue weighted by molar-refractivity contribution is -0.137. The quantitative estimate of drug-likeness (QED) is 0.822. The number of nitrogens with zero attached hydrogens (tertiary/aromatic N) is 2. The molecule has 142 valence electrons. The standard InChI is InChI=1S/C17H22ClN3O4S/c18-13-3-5-14(6-4-13)26(24,25)21-9-1-2-15(21)17(23)20-10-7-12(8-11-20)16(19)22/h3-6,12,15H,1-2,7-11H2,(H2,19,22)/t15-/m1/s1. The minimum Gasteiger partial charge on any atom is -0.369 e. The average Bonchev–Trinajstić information content (AvgIpc) is 3.12. The number of rotatable bonds is 4. The Kier molecular flexibility index (Phi) is 5.55. The summed E-state index contributed by atoms with van der Waals surface area (Å²) in [5.74, 6) is -0.746. The van der Waals surface area contributed by atoms with Crippen molar-refractivity contribution >= 4 is 33.4 Å². The zero-order chi connectivity index (χ0) is 18.9. The SMILES string of the molecule is NC(=O)C1CCN(C(=O)[C@H]2CCCN2S(=O)(=O)c2ccc(Cl)cc2)CC1. The van der Waals surface area contributed by atoms with Gasteiger partial charge in [-0.05, 0) is 49.9 Å². The molecule has 0 spiro atoms. The third-order valence-corrected chi connectivity index (χ3v) is 7.29. The van der Waals surface area contributed by atoms with Crippen molar-refractivity contribution < 1.29 is 18.0 Å². The lowest BCUT2D eigenvalue weighted by Crippen LogP contribution is -2.50. The molecule has 0 aliphatic carbocycles. The van der Waals surface area contributed by atoms with Gasteiger partial charge in [0.1, 0.15) is 6.04 Å².